The lowest BCUT2D eigenvalue weighted by Gasteiger charge is -2.10. The van der Waals surface area contributed by atoms with Crippen LogP contribution in [0.5, 0.6) is 0 Å². The van der Waals surface area contributed by atoms with Crippen LogP contribution in [0.15, 0.2) is 113 Å². The number of hydrogen-bond donors (Lipinski definition) is 2. The van der Waals surface area contributed by atoms with Crippen molar-refractivity contribution in [2.75, 3.05) is 15.8 Å². The molecule has 0 aliphatic heterocycles. The van der Waals surface area contributed by atoms with Crippen LogP contribution in [-0.4, -0.2) is 45.2 Å². The van der Waals surface area contributed by atoms with Crippen LogP contribution in [0, 0.1) is 0 Å². The molecule has 194 valence electrons. The topological polar surface area (TPSA) is 140 Å². The number of hydrogen-bond acceptors (Lipinski definition) is 9. The third-order valence-electron chi connectivity index (χ3n) is 5.33. The number of carbonyl (C=O) groups is 1. The summed E-state index contributed by atoms with van der Waals surface area (Å²) in [5.74, 6) is -0.299. The van der Waals surface area contributed by atoms with Crippen molar-refractivity contribution in [1.29, 1.82) is 0 Å². The van der Waals surface area contributed by atoms with Gasteiger partial charge in [0.2, 0.25) is 17.0 Å². The van der Waals surface area contributed by atoms with Crippen molar-refractivity contribution in [2.45, 2.75) is 10.1 Å². The first-order valence-corrected chi connectivity index (χ1v) is 14.1. The smallest absolute Gasteiger partial charge is 0.264 e. The molecule has 0 fully saturated rings. The highest BCUT2D eigenvalue weighted by Crippen LogP contribution is 2.29. The first kappa shape index (κ1) is 25.9. The molecule has 5 aromatic rings. The zero-order chi connectivity index (χ0) is 27.1. The third-order valence-corrected chi connectivity index (χ3v) is 7.52. The number of nitrogens with one attached hydrogen (secondary N) is 2. The molecule has 0 unspecified atom stereocenters. The van der Waals surface area contributed by atoms with Gasteiger partial charge in [0, 0.05) is 29.2 Å². The molecule has 39 heavy (non-hydrogen) atoms. The van der Waals surface area contributed by atoms with Crippen LogP contribution in [0.25, 0.3) is 22.5 Å². The Hall–Kier alpha value is -4.68. The number of aromatic nitrogens is 5. The highest BCUT2D eigenvalue weighted by Gasteiger charge is 2.17. The summed E-state index contributed by atoms with van der Waals surface area (Å²) in [5, 5.41) is 11.8. The molecular weight excluding hydrogens is 534 g/mol. The fourth-order valence-electron chi connectivity index (χ4n) is 3.54. The minimum absolute atomic E-state index is 0.00810. The Morgan fingerprint density at radius 1 is 0.744 bits per heavy atom. The first-order valence-electron chi connectivity index (χ1n) is 11.7. The highest BCUT2D eigenvalue weighted by atomic mass is 32.2. The lowest BCUT2D eigenvalue weighted by molar-refractivity contribution is -0.113. The second kappa shape index (κ2) is 11.8. The molecule has 0 saturated carbocycles. The zero-order valence-corrected chi connectivity index (χ0v) is 21.9. The maximum Gasteiger partial charge on any atom is 0.264 e. The lowest BCUT2D eigenvalue weighted by Crippen LogP contribution is -2.16. The summed E-state index contributed by atoms with van der Waals surface area (Å²) in [7, 11) is -3.87. The van der Waals surface area contributed by atoms with Crippen LogP contribution in [0.2, 0.25) is 0 Å². The van der Waals surface area contributed by atoms with E-state index < -0.39 is 10.0 Å². The van der Waals surface area contributed by atoms with Gasteiger partial charge in [0.05, 0.1) is 10.6 Å². The fourth-order valence-corrected chi connectivity index (χ4v) is 5.08. The van der Waals surface area contributed by atoms with Gasteiger partial charge in [-0.15, -0.1) is 10.2 Å². The molecule has 2 N–H and O–H groups in total. The Balaban J connectivity index is 1.25. The van der Waals surface area contributed by atoms with Crippen LogP contribution < -0.4 is 10.0 Å². The van der Waals surface area contributed by atoms with E-state index in [1.54, 1.807) is 6.07 Å². The summed E-state index contributed by atoms with van der Waals surface area (Å²) in [5.41, 5.74) is 3.55. The molecule has 0 spiro atoms. The summed E-state index contributed by atoms with van der Waals surface area (Å²) in [6.45, 7) is 0. The Kier molecular flexibility index (Phi) is 7.85. The Bertz CT molecular complexity index is 1670. The summed E-state index contributed by atoms with van der Waals surface area (Å²) in [4.78, 5) is 25.0. The van der Waals surface area contributed by atoms with E-state index in [0.717, 1.165) is 22.9 Å². The van der Waals surface area contributed by atoms with Crippen molar-refractivity contribution >= 4 is 39.3 Å². The number of thioether (sulfide) groups is 1. The Labute approximate surface area is 229 Å². The van der Waals surface area contributed by atoms with Crippen molar-refractivity contribution in [3.8, 4) is 22.5 Å². The number of benzene rings is 3. The molecule has 0 saturated heterocycles. The molecule has 10 nitrogen and oxygen atoms in total. The predicted octanol–water partition coefficient (Wildman–Crippen LogP) is 4.53. The number of carbonyl (C=O) groups excluding carboxylic acids is 1. The quantitative estimate of drug-likeness (QED) is 0.251. The normalized spacial score (nSPS) is 11.1. The molecule has 0 atom stereocenters. The molecule has 1 amide bonds. The lowest BCUT2D eigenvalue weighted by atomic mass is 10.0. The molecule has 0 aliphatic carbocycles. The average Bonchev–Trinajstić information content (AvgIpc) is 2.97. The van der Waals surface area contributed by atoms with E-state index in [1.807, 2.05) is 60.7 Å². The van der Waals surface area contributed by atoms with E-state index in [4.69, 9.17) is 4.98 Å². The minimum atomic E-state index is -3.87. The van der Waals surface area contributed by atoms with Gasteiger partial charge < -0.3 is 5.32 Å². The van der Waals surface area contributed by atoms with E-state index in [1.165, 1.54) is 36.7 Å². The summed E-state index contributed by atoms with van der Waals surface area (Å²) < 4.78 is 27.4. The molecule has 3 aromatic carbocycles. The zero-order valence-electron chi connectivity index (χ0n) is 20.3. The fraction of sp³-hybridized carbons (Fsp3) is 0.0370. The summed E-state index contributed by atoms with van der Waals surface area (Å²) >= 11 is 1.15. The summed E-state index contributed by atoms with van der Waals surface area (Å²) in [6, 6.07) is 26.7. The molecule has 0 radical (unpaired) electrons. The Morgan fingerprint density at radius 3 is 2.00 bits per heavy atom. The molecule has 5 rings (SSSR count). The largest absolute Gasteiger partial charge is 0.325 e. The molecular formula is C27H21N7O3S2. The van der Waals surface area contributed by atoms with Crippen LogP contribution >= 0.6 is 11.8 Å². The molecule has 2 heterocycles. The van der Waals surface area contributed by atoms with Crippen LogP contribution in [0.1, 0.15) is 0 Å². The van der Waals surface area contributed by atoms with Gasteiger partial charge in [0.15, 0.2) is 0 Å². The monoisotopic (exact) mass is 555 g/mol. The van der Waals surface area contributed by atoms with Gasteiger partial charge in [-0.1, -0.05) is 72.4 Å². The highest BCUT2D eigenvalue weighted by molar-refractivity contribution is 7.99. The third kappa shape index (κ3) is 6.61. The van der Waals surface area contributed by atoms with E-state index in [9.17, 15) is 13.2 Å². The van der Waals surface area contributed by atoms with Crippen LogP contribution in [-0.2, 0) is 14.8 Å². The molecule has 0 bridgehead atoms. The second-order valence-corrected chi connectivity index (χ2v) is 10.7. The van der Waals surface area contributed by atoms with Crippen molar-refractivity contribution in [3.63, 3.8) is 0 Å². The number of rotatable bonds is 9. The molecule has 12 heteroatoms. The van der Waals surface area contributed by atoms with Crippen molar-refractivity contribution in [2.24, 2.45) is 0 Å². The number of nitrogens with zero attached hydrogens (tertiary/aromatic N) is 5. The Morgan fingerprint density at radius 2 is 1.36 bits per heavy atom. The van der Waals surface area contributed by atoms with Gasteiger partial charge in [-0.25, -0.2) is 28.1 Å². The molecule has 0 aliphatic rings. The maximum atomic E-state index is 12.6. The second-order valence-electron chi connectivity index (χ2n) is 8.06. The van der Waals surface area contributed by atoms with E-state index >= 15 is 0 Å². The minimum Gasteiger partial charge on any atom is -0.325 e. The number of sulfonamides is 1. The van der Waals surface area contributed by atoms with Crippen molar-refractivity contribution in [1.82, 2.24) is 25.1 Å². The maximum absolute atomic E-state index is 12.6. The van der Waals surface area contributed by atoms with Crippen molar-refractivity contribution < 1.29 is 13.2 Å². The van der Waals surface area contributed by atoms with Crippen LogP contribution in [0.3, 0.4) is 0 Å². The standard InChI is InChI=1S/C27H21N7O3S2/c35-23(30-21-12-14-22(15-13-21)39(36,37)34-26-28-16-7-17-29-26)18-38-27-31-24(19-8-3-1-4-9-19)25(32-33-27)20-10-5-2-6-11-20/h1-17H,18H2,(H,30,35)(H,28,29,34). The predicted molar refractivity (Wildman–Crippen MR) is 149 cm³/mol. The summed E-state index contributed by atoms with van der Waals surface area (Å²) in [6.07, 6.45) is 2.87. The molecule has 2 aromatic heterocycles. The van der Waals surface area contributed by atoms with Gasteiger partial charge in [-0.2, -0.15) is 0 Å². The number of anilines is 2. The van der Waals surface area contributed by atoms with Gasteiger partial charge in [0.1, 0.15) is 11.4 Å². The number of amides is 1. The van der Waals surface area contributed by atoms with Gasteiger partial charge >= 0.3 is 0 Å². The van der Waals surface area contributed by atoms with E-state index in [2.05, 4.69) is 30.2 Å². The van der Waals surface area contributed by atoms with Gasteiger partial charge in [0.25, 0.3) is 10.0 Å². The van der Waals surface area contributed by atoms with Crippen molar-refractivity contribution in [3.05, 3.63) is 103 Å². The van der Waals surface area contributed by atoms with E-state index in [-0.39, 0.29) is 22.5 Å². The van der Waals surface area contributed by atoms with E-state index in [0.29, 0.717) is 22.2 Å². The first-order chi connectivity index (χ1) is 19.0. The van der Waals surface area contributed by atoms with Gasteiger partial charge in [-0.3, -0.25) is 4.79 Å². The van der Waals surface area contributed by atoms with Crippen LogP contribution in [0.4, 0.5) is 11.6 Å². The van der Waals surface area contributed by atoms with Gasteiger partial charge in [-0.05, 0) is 30.3 Å². The average molecular weight is 556 g/mol. The SMILES string of the molecule is O=C(CSc1nnc(-c2ccccc2)c(-c2ccccc2)n1)Nc1ccc(S(=O)(=O)Nc2ncccn2)cc1.